The number of hydrogen-bond acceptors (Lipinski definition) is 3. The van der Waals surface area contributed by atoms with E-state index in [2.05, 4.69) is 15.9 Å². The van der Waals surface area contributed by atoms with Gasteiger partial charge in [0.2, 0.25) is 0 Å². The van der Waals surface area contributed by atoms with E-state index in [-0.39, 0.29) is 5.91 Å². The average Bonchev–Trinajstić information content (AvgIpc) is 2.94. The Hall–Kier alpha value is -2.11. The van der Waals surface area contributed by atoms with Crippen molar-refractivity contribution in [2.75, 3.05) is 26.0 Å². The van der Waals surface area contributed by atoms with Gasteiger partial charge in [0, 0.05) is 34.7 Å². The number of amides is 1. The Morgan fingerprint density at radius 1 is 1.12 bits per heavy atom. The third-order valence-electron chi connectivity index (χ3n) is 4.20. The molecule has 0 unspecified atom stereocenters. The summed E-state index contributed by atoms with van der Waals surface area (Å²) < 4.78 is 6.95. The van der Waals surface area contributed by atoms with Gasteiger partial charge < -0.3 is 14.2 Å². The molecule has 0 spiro atoms. The minimum absolute atomic E-state index is 0.144. The maximum absolute atomic E-state index is 13.1. The molecule has 1 heterocycles. The minimum Gasteiger partial charge on any atom is -0.451 e. The van der Waals surface area contributed by atoms with E-state index in [4.69, 9.17) is 4.42 Å². The molecule has 25 heavy (non-hydrogen) atoms. The lowest BCUT2D eigenvalue weighted by molar-refractivity contribution is 0.0966. The van der Waals surface area contributed by atoms with Crippen molar-refractivity contribution < 1.29 is 9.21 Å². The lowest BCUT2D eigenvalue weighted by atomic mass is 10.1. The Morgan fingerprint density at radius 2 is 1.84 bits per heavy atom. The lowest BCUT2D eigenvalue weighted by Gasteiger charge is -2.18. The zero-order chi connectivity index (χ0) is 18.1. The van der Waals surface area contributed by atoms with E-state index in [0.29, 0.717) is 12.3 Å². The Kier molecular flexibility index (Phi) is 4.97. The van der Waals surface area contributed by atoms with Gasteiger partial charge in [0.05, 0.1) is 0 Å². The average molecular weight is 401 g/mol. The number of furan rings is 1. The summed E-state index contributed by atoms with van der Waals surface area (Å²) in [4.78, 5) is 16.8. The number of benzene rings is 2. The molecule has 5 heteroatoms. The molecule has 1 amide bonds. The third-order valence-corrected chi connectivity index (χ3v) is 5.09. The van der Waals surface area contributed by atoms with Crippen LogP contribution >= 0.6 is 15.9 Å². The first-order valence-corrected chi connectivity index (χ1v) is 8.87. The van der Waals surface area contributed by atoms with Crippen molar-refractivity contribution in [2.24, 2.45) is 0 Å². The van der Waals surface area contributed by atoms with E-state index < -0.39 is 0 Å². The fourth-order valence-electron chi connectivity index (χ4n) is 2.85. The molecule has 1 aromatic heterocycles. The molecule has 0 aliphatic heterocycles. The Balaban J connectivity index is 2.05. The summed E-state index contributed by atoms with van der Waals surface area (Å²) in [5.74, 6) is 0.257. The lowest BCUT2D eigenvalue weighted by Crippen LogP contribution is -2.27. The van der Waals surface area contributed by atoms with E-state index in [0.717, 1.165) is 32.3 Å². The van der Waals surface area contributed by atoms with E-state index in [9.17, 15) is 4.79 Å². The summed E-state index contributed by atoms with van der Waals surface area (Å²) in [5, 5.41) is 0.986. The van der Waals surface area contributed by atoms with Crippen LogP contribution in [0.5, 0.6) is 0 Å². The van der Waals surface area contributed by atoms with Gasteiger partial charge >= 0.3 is 0 Å². The van der Waals surface area contributed by atoms with Crippen LogP contribution in [0.3, 0.4) is 0 Å². The van der Waals surface area contributed by atoms with Crippen LogP contribution in [0.15, 0.2) is 51.4 Å². The molecule has 0 saturated heterocycles. The maximum Gasteiger partial charge on any atom is 0.294 e. The molecule has 0 aliphatic rings. The van der Waals surface area contributed by atoms with E-state index >= 15 is 0 Å². The molecular weight excluding hydrogens is 380 g/mol. The second kappa shape index (κ2) is 7.02. The SMILES string of the molecule is Cc1cc(N(C)C(=O)c2oc3ccccc3c2CN(C)C)ccc1Br. The van der Waals surface area contributed by atoms with E-state index in [1.807, 2.05) is 68.4 Å². The predicted octanol–water partition coefficient (Wildman–Crippen LogP) is 4.84. The molecule has 0 bridgehead atoms. The zero-order valence-corrected chi connectivity index (χ0v) is 16.4. The van der Waals surface area contributed by atoms with Crippen LogP contribution in [0.1, 0.15) is 21.7 Å². The van der Waals surface area contributed by atoms with Crippen LogP contribution in [0.25, 0.3) is 11.0 Å². The molecule has 0 aliphatic carbocycles. The molecule has 130 valence electrons. The Bertz CT molecular complexity index is 931. The number of para-hydroxylation sites is 1. The van der Waals surface area contributed by atoms with Gasteiger partial charge in [0.15, 0.2) is 5.76 Å². The quantitative estimate of drug-likeness (QED) is 0.628. The highest BCUT2D eigenvalue weighted by molar-refractivity contribution is 9.10. The highest BCUT2D eigenvalue weighted by Gasteiger charge is 2.24. The summed E-state index contributed by atoms with van der Waals surface area (Å²) >= 11 is 3.49. The van der Waals surface area contributed by atoms with Crippen molar-refractivity contribution in [1.82, 2.24) is 4.90 Å². The fourth-order valence-corrected chi connectivity index (χ4v) is 3.10. The fraction of sp³-hybridized carbons (Fsp3) is 0.250. The Labute approximate surface area is 156 Å². The second-order valence-corrected chi connectivity index (χ2v) is 7.30. The molecule has 0 fully saturated rings. The van der Waals surface area contributed by atoms with Crippen LogP contribution in [-0.2, 0) is 6.54 Å². The summed E-state index contributed by atoms with van der Waals surface area (Å²) in [6, 6.07) is 13.6. The van der Waals surface area contributed by atoms with Gasteiger partial charge in [-0.25, -0.2) is 0 Å². The highest BCUT2D eigenvalue weighted by atomic mass is 79.9. The number of hydrogen-bond donors (Lipinski definition) is 0. The van der Waals surface area contributed by atoms with Crippen LogP contribution < -0.4 is 4.90 Å². The molecule has 4 nitrogen and oxygen atoms in total. The van der Waals surface area contributed by atoms with Gasteiger partial charge in [-0.2, -0.15) is 0 Å². The highest BCUT2D eigenvalue weighted by Crippen LogP contribution is 2.29. The standard InChI is InChI=1S/C20H21BrN2O2/c1-13-11-14(9-10-17(13)21)23(4)20(24)19-16(12-22(2)3)15-7-5-6-8-18(15)25-19/h5-11H,12H2,1-4H3. The number of nitrogens with zero attached hydrogens (tertiary/aromatic N) is 2. The van der Waals surface area contributed by atoms with Crippen LogP contribution in [0, 0.1) is 6.92 Å². The smallest absolute Gasteiger partial charge is 0.294 e. The first kappa shape index (κ1) is 17.7. The number of anilines is 1. The predicted molar refractivity (Wildman–Crippen MR) is 105 cm³/mol. The monoisotopic (exact) mass is 400 g/mol. The molecule has 2 aromatic carbocycles. The minimum atomic E-state index is -0.144. The normalized spacial score (nSPS) is 11.3. The van der Waals surface area contributed by atoms with Crippen molar-refractivity contribution in [2.45, 2.75) is 13.5 Å². The molecule has 0 atom stereocenters. The molecule has 3 aromatic rings. The topological polar surface area (TPSA) is 36.7 Å². The van der Waals surface area contributed by atoms with Gasteiger partial charge in [-0.1, -0.05) is 34.1 Å². The van der Waals surface area contributed by atoms with Crippen molar-refractivity contribution in [3.63, 3.8) is 0 Å². The van der Waals surface area contributed by atoms with E-state index in [1.165, 1.54) is 0 Å². The molecule has 0 radical (unpaired) electrons. The summed E-state index contributed by atoms with van der Waals surface area (Å²) in [6.45, 7) is 2.65. The number of aryl methyl sites for hydroxylation is 1. The van der Waals surface area contributed by atoms with Crippen LogP contribution in [0.4, 0.5) is 5.69 Å². The van der Waals surface area contributed by atoms with Crippen molar-refractivity contribution in [3.8, 4) is 0 Å². The largest absolute Gasteiger partial charge is 0.451 e. The van der Waals surface area contributed by atoms with Crippen LogP contribution in [0.2, 0.25) is 0 Å². The second-order valence-electron chi connectivity index (χ2n) is 6.44. The zero-order valence-electron chi connectivity index (χ0n) is 14.8. The van der Waals surface area contributed by atoms with Gasteiger partial charge in [0.25, 0.3) is 5.91 Å². The summed E-state index contributed by atoms with van der Waals surface area (Å²) in [6.07, 6.45) is 0. The molecule has 3 rings (SSSR count). The van der Waals surface area contributed by atoms with E-state index in [1.54, 1.807) is 11.9 Å². The van der Waals surface area contributed by atoms with Gasteiger partial charge in [0.1, 0.15) is 5.58 Å². The van der Waals surface area contributed by atoms with Gasteiger partial charge in [-0.3, -0.25) is 4.79 Å². The number of carbonyl (C=O) groups is 1. The van der Waals surface area contributed by atoms with Gasteiger partial charge in [-0.15, -0.1) is 0 Å². The molecule has 0 N–H and O–H groups in total. The van der Waals surface area contributed by atoms with Crippen LogP contribution in [-0.4, -0.2) is 32.0 Å². The maximum atomic E-state index is 13.1. The summed E-state index contributed by atoms with van der Waals surface area (Å²) in [7, 11) is 5.74. The first-order chi connectivity index (χ1) is 11.9. The summed E-state index contributed by atoms with van der Waals surface area (Å²) in [5.41, 5.74) is 3.58. The molecule has 0 saturated carbocycles. The Morgan fingerprint density at radius 3 is 2.52 bits per heavy atom. The van der Waals surface area contributed by atoms with Crippen molar-refractivity contribution in [1.29, 1.82) is 0 Å². The van der Waals surface area contributed by atoms with Crippen molar-refractivity contribution in [3.05, 3.63) is 63.8 Å². The number of halogens is 1. The number of rotatable bonds is 4. The van der Waals surface area contributed by atoms with Gasteiger partial charge in [-0.05, 0) is 50.8 Å². The first-order valence-electron chi connectivity index (χ1n) is 8.08. The van der Waals surface area contributed by atoms with Crippen molar-refractivity contribution >= 4 is 38.5 Å². The number of carbonyl (C=O) groups excluding carboxylic acids is 1. The third kappa shape index (κ3) is 3.48. The number of fused-ring (bicyclic) bond motifs is 1. The molecular formula is C20H21BrN2O2.